The monoisotopic (exact) mass is 372 g/mol. The summed E-state index contributed by atoms with van der Waals surface area (Å²) in [5.74, 6) is 0.584. The van der Waals surface area contributed by atoms with Gasteiger partial charge in [0.05, 0.1) is 10.4 Å². The minimum Gasteiger partial charge on any atom is -0.343 e. The van der Waals surface area contributed by atoms with Crippen LogP contribution in [0.15, 0.2) is 24.3 Å². The minimum atomic E-state index is -4.41. The second-order valence-electron chi connectivity index (χ2n) is 6.33. The highest BCUT2D eigenvalue weighted by Gasteiger charge is 2.46. The fraction of sp³-hybridized carbons (Fsp3) is 0.529. The molecule has 0 unspecified atom stereocenters. The molecule has 1 spiro atoms. The van der Waals surface area contributed by atoms with Crippen LogP contribution in [0.5, 0.6) is 0 Å². The van der Waals surface area contributed by atoms with E-state index in [0.717, 1.165) is 17.9 Å². The number of hydrogen-bond acceptors (Lipinski definition) is 3. The zero-order valence-electron chi connectivity index (χ0n) is 13.8. The third-order valence-corrected chi connectivity index (χ3v) is 6.42. The zero-order chi connectivity index (χ0) is 18.2. The molecule has 2 heterocycles. The van der Waals surface area contributed by atoms with E-state index in [4.69, 9.17) is 0 Å². The molecule has 2 amide bonds. The Morgan fingerprint density at radius 1 is 1.08 bits per heavy atom. The number of alkyl halides is 3. The molecule has 0 aliphatic carbocycles. The molecule has 1 aromatic carbocycles. The maximum Gasteiger partial charge on any atom is 0.416 e. The van der Waals surface area contributed by atoms with Crippen LogP contribution in [0.1, 0.15) is 35.7 Å². The summed E-state index contributed by atoms with van der Waals surface area (Å²) >= 11 is 1.71. The van der Waals surface area contributed by atoms with Gasteiger partial charge in [-0.25, -0.2) is 0 Å². The highest BCUT2D eigenvalue weighted by atomic mass is 32.2. The number of hydrogen-bond donors (Lipinski definition) is 0. The summed E-state index contributed by atoms with van der Waals surface area (Å²) in [4.78, 5) is 27.5. The van der Waals surface area contributed by atoms with E-state index in [0.29, 0.717) is 32.5 Å². The Bertz CT molecular complexity index is 667. The molecule has 2 aliphatic heterocycles. The first-order valence-electron chi connectivity index (χ1n) is 8.12. The van der Waals surface area contributed by atoms with E-state index in [1.807, 2.05) is 0 Å². The van der Waals surface area contributed by atoms with Crippen molar-refractivity contribution in [2.75, 3.05) is 25.4 Å². The first kappa shape index (κ1) is 18.1. The van der Waals surface area contributed by atoms with Crippen molar-refractivity contribution in [2.24, 2.45) is 0 Å². The summed E-state index contributed by atoms with van der Waals surface area (Å²) in [6.07, 6.45) is -3.04. The van der Waals surface area contributed by atoms with Crippen LogP contribution in [0.4, 0.5) is 13.2 Å². The second kappa shape index (κ2) is 6.55. The van der Waals surface area contributed by atoms with Crippen LogP contribution in [-0.4, -0.2) is 51.9 Å². The molecule has 4 nitrogen and oxygen atoms in total. The van der Waals surface area contributed by atoms with Gasteiger partial charge >= 0.3 is 6.18 Å². The van der Waals surface area contributed by atoms with Crippen LogP contribution in [0.2, 0.25) is 0 Å². The van der Waals surface area contributed by atoms with Crippen LogP contribution >= 0.6 is 11.8 Å². The van der Waals surface area contributed by atoms with Gasteiger partial charge in [-0.3, -0.25) is 9.59 Å². The molecule has 8 heteroatoms. The fourth-order valence-electron chi connectivity index (χ4n) is 3.44. The maximum atomic E-state index is 12.8. The number of rotatable bonds is 1. The molecule has 2 aliphatic rings. The van der Waals surface area contributed by atoms with Crippen LogP contribution < -0.4 is 0 Å². The Hall–Kier alpha value is -1.70. The van der Waals surface area contributed by atoms with Gasteiger partial charge in [0.15, 0.2) is 0 Å². The van der Waals surface area contributed by atoms with E-state index < -0.39 is 11.7 Å². The molecule has 0 aromatic heterocycles. The molecule has 25 heavy (non-hydrogen) atoms. The highest BCUT2D eigenvalue weighted by Crippen LogP contribution is 2.44. The molecule has 0 radical (unpaired) electrons. The van der Waals surface area contributed by atoms with Crippen LogP contribution in [-0.2, 0) is 11.0 Å². The van der Waals surface area contributed by atoms with Crippen LogP contribution in [0, 0.1) is 0 Å². The van der Waals surface area contributed by atoms with Crippen molar-refractivity contribution in [2.45, 2.75) is 30.8 Å². The lowest BCUT2D eigenvalue weighted by Crippen LogP contribution is -2.53. The van der Waals surface area contributed by atoms with Gasteiger partial charge in [0, 0.05) is 37.9 Å². The third-order valence-electron chi connectivity index (χ3n) is 4.87. The smallest absolute Gasteiger partial charge is 0.343 e. The average Bonchev–Trinajstić information content (AvgIpc) is 2.97. The maximum absolute atomic E-state index is 12.8. The molecule has 0 saturated carbocycles. The Morgan fingerprint density at radius 2 is 1.68 bits per heavy atom. The summed E-state index contributed by atoms with van der Waals surface area (Å²) in [5.41, 5.74) is -0.492. The first-order valence-corrected chi connectivity index (χ1v) is 9.10. The van der Waals surface area contributed by atoms with Crippen molar-refractivity contribution < 1.29 is 22.8 Å². The van der Waals surface area contributed by atoms with Crippen molar-refractivity contribution in [1.82, 2.24) is 9.80 Å². The van der Waals surface area contributed by atoms with Gasteiger partial charge in [0.2, 0.25) is 5.91 Å². The van der Waals surface area contributed by atoms with E-state index in [-0.39, 0.29) is 22.2 Å². The summed E-state index contributed by atoms with van der Waals surface area (Å²) in [7, 11) is 0. The predicted molar refractivity (Wildman–Crippen MR) is 89.2 cm³/mol. The number of amides is 2. The van der Waals surface area contributed by atoms with E-state index in [1.165, 1.54) is 19.1 Å². The molecule has 136 valence electrons. The van der Waals surface area contributed by atoms with Crippen molar-refractivity contribution in [3.05, 3.63) is 35.4 Å². The lowest BCUT2D eigenvalue weighted by Gasteiger charge is -2.44. The van der Waals surface area contributed by atoms with E-state index in [2.05, 4.69) is 0 Å². The molecule has 2 saturated heterocycles. The number of benzene rings is 1. The number of thioether (sulfide) groups is 1. The third kappa shape index (κ3) is 3.49. The van der Waals surface area contributed by atoms with Crippen molar-refractivity contribution in [3.63, 3.8) is 0 Å². The van der Waals surface area contributed by atoms with E-state index in [9.17, 15) is 22.8 Å². The fourth-order valence-corrected chi connectivity index (χ4v) is 4.89. The second-order valence-corrected chi connectivity index (χ2v) is 7.79. The summed E-state index contributed by atoms with van der Waals surface area (Å²) in [5, 5.41) is 0. The van der Waals surface area contributed by atoms with Gasteiger partial charge < -0.3 is 9.80 Å². The van der Waals surface area contributed by atoms with Crippen LogP contribution in [0.25, 0.3) is 0 Å². The average molecular weight is 372 g/mol. The number of halogens is 3. The summed E-state index contributed by atoms with van der Waals surface area (Å²) in [6.45, 7) is 3.30. The Morgan fingerprint density at radius 3 is 2.20 bits per heavy atom. The van der Waals surface area contributed by atoms with Gasteiger partial charge in [-0.05, 0) is 37.1 Å². The quantitative estimate of drug-likeness (QED) is 0.760. The molecule has 0 N–H and O–H groups in total. The number of likely N-dealkylation sites (tertiary alicyclic amines) is 1. The Labute approximate surface area is 148 Å². The largest absolute Gasteiger partial charge is 0.416 e. The number of carbonyl (C=O) groups excluding carboxylic acids is 2. The predicted octanol–water partition coefficient (Wildman–Crippen LogP) is 3.23. The molecule has 0 atom stereocenters. The zero-order valence-corrected chi connectivity index (χ0v) is 14.6. The van der Waals surface area contributed by atoms with Crippen molar-refractivity contribution in [1.29, 1.82) is 0 Å². The van der Waals surface area contributed by atoms with Gasteiger partial charge in [-0.1, -0.05) is 0 Å². The molecule has 1 aromatic rings. The molecule has 0 bridgehead atoms. The van der Waals surface area contributed by atoms with Gasteiger partial charge in [-0.2, -0.15) is 13.2 Å². The summed E-state index contributed by atoms with van der Waals surface area (Å²) in [6, 6.07) is 4.38. The lowest BCUT2D eigenvalue weighted by molar-refractivity contribution is -0.137. The molecule has 3 rings (SSSR count). The topological polar surface area (TPSA) is 40.6 Å². The van der Waals surface area contributed by atoms with Gasteiger partial charge in [-0.15, -0.1) is 11.8 Å². The standard InChI is InChI=1S/C17H19F3N2O2S/c1-12(23)21-8-6-16(7-9-21)22(10-11-25-16)15(24)13-2-4-14(5-3-13)17(18,19)20/h2-5H,6-11H2,1H3. The normalized spacial score (nSPS) is 20.2. The van der Waals surface area contributed by atoms with E-state index in [1.54, 1.807) is 21.6 Å². The van der Waals surface area contributed by atoms with Gasteiger partial charge in [0.25, 0.3) is 5.91 Å². The molecular weight excluding hydrogens is 353 g/mol. The molecule has 2 fully saturated rings. The summed E-state index contributed by atoms with van der Waals surface area (Å²) < 4.78 is 38.0. The minimum absolute atomic E-state index is 0.0264. The van der Waals surface area contributed by atoms with Crippen molar-refractivity contribution in [3.8, 4) is 0 Å². The van der Waals surface area contributed by atoms with Crippen molar-refractivity contribution >= 4 is 23.6 Å². The van der Waals surface area contributed by atoms with E-state index >= 15 is 0 Å². The lowest BCUT2D eigenvalue weighted by atomic mass is 10.0. The number of nitrogens with zero attached hydrogens (tertiary/aromatic N) is 2. The molecular formula is C17H19F3N2O2S. The first-order chi connectivity index (χ1) is 11.7. The SMILES string of the molecule is CC(=O)N1CCC2(CC1)SCCN2C(=O)c1ccc(C(F)(F)F)cc1. The Balaban J connectivity index is 1.76. The van der Waals surface area contributed by atoms with Gasteiger partial charge in [0.1, 0.15) is 0 Å². The Kier molecular flexibility index (Phi) is 4.74. The number of carbonyl (C=O) groups is 2. The highest BCUT2D eigenvalue weighted by molar-refractivity contribution is 8.00. The van der Waals surface area contributed by atoms with Crippen LogP contribution in [0.3, 0.4) is 0 Å². The number of piperidine rings is 1.